The molecule has 0 aromatic heterocycles. The molecule has 1 amide bonds. The van der Waals surface area contributed by atoms with E-state index in [0.717, 1.165) is 0 Å². The number of hydrogen-bond acceptors (Lipinski definition) is 4. The summed E-state index contributed by atoms with van der Waals surface area (Å²) in [6.45, 7) is 5.17. The topological polar surface area (TPSA) is 72.5 Å². The van der Waals surface area contributed by atoms with Gasteiger partial charge in [-0.05, 0) is 33.6 Å². The highest BCUT2D eigenvalue weighted by molar-refractivity contribution is 8.16. The Hall–Kier alpha value is 0.0900. The summed E-state index contributed by atoms with van der Waals surface area (Å²) in [5.74, 6) is -0.661. The Balaban J connectivity index is 2.66. The van der Waals surface area contributed by atoms with Gasteiger partial charge in [-0.25, -0.2) is 13.2 Å². The quantitative estimate of drug-likeness (QED) is 0.626. The third-order valence-electron chi connectivity index (χ3n) is 2.73. The van der Waals surface area contributed by atoms with Gasteiger partial charge < -0.3 is 10.1 Å². The van der Waals surface area contributed by atoms with E-state index in [1.807, 2.05) is 0 Å². The number of alkyl carbamates (subject to hydrolysis) is 1. The molecule has 0 radical (unpaired) electrons. The molecular weight excluding hydrogens is 337 g/mol. The predicted octanol–water partition coefficient (Wildman–Crippen LogP) is 2.99. The van der Waals surface area contributed by atoms with Gasteiger partial charge in [0.05, 0.1) is 0 Å². The molecule has 0 heterocycles. The molecule has 0 aromatic rings. The molecule has 19 heavy (non-hydrogen) atoms. The van der Waals surface area contributed by atoms with Crippen molar-refractivity contribution in [3.05, 3.63) is 0 Å². The van der Waals surface area contributed by atoms with E-state index in [9.17, 15) is 13.2 Å². The monoisotopic (exact) mass is 351 g/mol. The van der Waals surface area contributed by atoms with E-state index in [4.69, 9.17) is 38.6 Å². The average Bonchev–Trinajstić information content (AvgIpc) is 2.06. The van der Waals surface area contributed by atoms with Crippen molar-refractivity contribution in [1.82, 2.24) is 5.32 Å². The maximum absolute atomic E-state index is 11.6. The number of ether oxygens (including phenoxy) is 1. The fourth-order valence-corrected chi connectivity index (χ4v) is 3.22. The van der Waals surface area contributed by atoms with Crippen LogP contribution >= 0.6 is 33.9 Å². The fourth-order valence-electron chi connectivity index (χ4n) is 1.71. The predicted molar refractivity (Wildman–Crippen MR) is 75.1 cm³/mol. The van der Waals surface area contributed by atoms with Crippen LogP contribution in [-0.2, 0) is 13.8 Å². The Morgan fingerprint density at radius 3 is 2.11 bits per heavy atom. The van der Waals surface area contributed by atoms with Crippen LogP contribution in [0.1, 0.15) is 33.6 Å². The van der Waals surface area contributed by atoms with Crippen LogP contribution in [0.2, 0.25) is 0 Å². The molecule has 0 aliphatic heterocycles. The number of alkyl halides is 2. The van der Waals surface area contributed by atoms with Crippen molar-refractivity contribution in [1.29, 1.82) is 0 Å². The van der Waals surface area contributed by atoms with Crippen LogP contribution in [0.3, 0.4) is 0 Å². The number of carbonyl (C=O) groups excluding carboxylic acids is 1. The first-order valence-electron chi connectivity index (χ1n) is 5.66. The molecule has 1 aliphatic rings. The van der Waals surface area contributed by atoms with Crippen molar-refractivity contribution < 1.29 is 17.9 Å². The minimum atomic E-state index is -4.16. The number of nitrogens with one attached hydrogen (secondary N) is 1. The lowest BCUT2D eigenvalue weighted by Gasteiger charge is -2.42. The first kappa shape index (κ1) is 17.1. The first-order chi connectivity index (χ1) is 8.34. The SMILES string of the molecule is CC(C)(C)OC(=O)N[C@@H]1CC[C@H]1C(Cl)(Cl)S(=O)(=O)Cl. The number of amides is 1. The van der Waals surface area contributed by atoms with E-state index in [1.54, 1.807) is 20.8 Å². The molecule has 5 nitrogen and oxygen atoms in total. The second kappa shape index (κ2) is 5.47. The van der Waals surface area contributed by atoms with Crippen LogP contribution in [0.25, 0.3) is 0 Å². The van der Waals surface area contributed by atoms with E-state index in [0.29, 0.717) is 12.8 Å². The van der Waals surface area contributed by atoms with Crippen molar-refractivity contribution in [3.63, 3.8) is 0 Å². The zero-order valence-corrected chi connectivity index (χ0v) is 13.8. The Bertz CT molecular complexity index is 458. The molecule has 0 aromatic carbocycles. The summed E-state index contributed by atoms with van der Waals surface area (Å²) in [5.41, 5.74) is -0.638. The Labute approximate surface area is 127 Å². The second-order valence-electron chi connectivity index (χ2n) is 5.44. The molecule has 112 valence electrons. The number of rotatable bonds is 3. The van der Waals surface area contributed by atoms with E-state index in [1.165, 1.54) is 0 Å². The van der Waals surface area contributed by atoms with Crippen LogP contribution in [0.4, 0.5) is 4.79 Å². The van der Waals surface area contributed by atoms with Crippen molar-refractivity contribution in [2.75, 3.05) is 0 Å². The second-order valence-corrected chi connectivity index (χ2v) is 10.0. The molecule has 9 heteroatoms. The Morgan fingerprint density at radius 1 is 1.26 bits per heavy atom. The van der Waals surface area contributed by atoms with E-state index < -0.39 is 36.4 Å². The lowest BCUT2D eigenvalue weighted by Crippen LogP contribution is -2.55. The zero-order valence-electron chi connectivity index (χ0n) is 10.7. The van der Waals surface area contributed by atoms with Crippen molar-refractivity contribution in [3.8, 4) is 0 Å². The lowest BCUT2D eigenvalue weighted by atomic mass is 9.80. The maximum atomic E-state index is 11.6. The van der Waals surface area contributed by atoms with Gasteiger partial charge >= 0.3 is 6.09 Å². The molecular formula is C10H16Cl3NO4S. The molecule has 1 saturated carbocycles. The molecule has 0 bridgehead atoms. The lowest BCUT2D eigenvalue weighted by molar-refractivity contribution is 0.0438. The highest BCUT2D eigenvalue weighted by Crippen LogP contribution is 2.48. The Morgan fingerprint density at radius 2 is 1.79 bits per heavy atom. The largest absolute Gasteiger partial charge is 0.444 e. The molecule has 1 aliphatic carbocycles. The van der Waals surface area contributed by atoms with Crippen molar-refractivity contribution in [2.45, 2.75) is 48.9 Å². The molecule has 1 rings (SSSR count). The summed E-state index contributed by atoms with van der Waals surface area (Å²) < 4.78 is 25.6. The molecule has 1 fully saturated rings. The third-order valence-corrected chi connectivity index (χ3v) is 6.67. The molecule has 2 atom stereocenters. The number of hydrogen-bond donors (Lipinski definition) is 1. The van der Waals surface area contributed by atoms with Gasteiger partial charge in [-0.1, -0.05) is 23.2 Å². The fraction of sp³-hybridized carbons (Fsp3) is 0.900. The maximum Gasteiger partial charge on any atom is 0.407 e. The summed E-state index contributed by atoms with van der Waals surface area (Å²) in [6.07, 6.45) is 0.384. The van der Waals surface area contributed by atoms with Gasteiger partial charge in [0.2, 0.25) is 3.67 Å². The highest BCUT2D eigenvalue weighted by atomic mass is 35.7. The summed E-state index contributed by atoms with van der Waals surface area (Å²) in [4.78, 5) is 11.6. The van der Waals surface area contributed by atoms with Crippen LogP contribution in [-0.4, -0.2) is 29.8 Å². The minimum absolute atomic E-state index is 0.458. The normalized spacial score (nSPS) is 24.5. The zero-order chi connectivity index (χ0) is 15.1. The Kier molecular flexibility index (Phi) is 4.93. The van der Waals surface area contributed by atoms with Gasteiger partial charge in [-0.15, -0.1) is 0 Å². The summed E-state index contributed by atoms with van der Waals surface area (Å²) in [5, 5.41) is 2.55. The summed E-state index contributed by atoms with van der Waals surface area (Å²) >= 11 is 11.6. The van der Waals surface area contributed by atoms with E-state index in [-0.39, 0.29) is 0 Å². The van der Waals surface area contributed by atoms with Crippen LogP contribution in [0.5, 0.6) is 0 Å². The number of halogens is 3. The van der Waals surface area contributed by atoms with Gasteiger partial charge in [0.25, 0.3) is 9.05 Å². The first-order valence-corrected chi connectivity index (χ1v) is 8.72. The molecule has 1 N–H and O–H groups in total. The summed E-state index contributed by atoms with van der Waals surface area (Å²) in [6, 6.07) is -0.474. The smallest absolute Gasteiger partial charge is 0.407 e. The molecule has 0 unspecified atom stereocenters. The van der Waals surface area contributed by atoms with Crippen LogP contribution in [0, 0.1) is 5.92 Å². The van der Waals surface area contributed by atoms with E-state index in [2.05, 4.69) is 5.32 Å². The molecule has 0 saturated heterocycles. The highest BCUT2D eigenvalue weighted by Gasteiger charge is 2.54. The van der Waals surface area contributed by atoms with Crippen LogP contribution < -0.4 is 5.32 Å². The van der Waals surface area contributed by atoms with Crippen molar-refractivity contribution in [2.24, 2.45) is 5.92 Å². The van der Waals surface area contributed by atoms with Gasteiger partial charge in [0.1, 0.15) is 5.60 Å². The average molecular weight is 353 g/mol. The van der Waals surface area contributed by atoms with Crippen LogP contribution in [0.15, 0.2) is 0 Å². The minimum Gasteiger partial charge on any atom is -0.444 e. The van der Waals surface area contributed by atoms with Gasteiger partial charge in [-0.3, -0.25) is 0 Å². The van der Waals surface area contributed by atoms with Crippen molar-refractivity contribution >= 4 is 49.0 Å². The summed E-state index contributed by atoms with van der Waals surface area (Å²) in [7, 11) is 1.05. The standard InChI is InChI=1S/C10H16Cl3NO4S/c1-9(2,3)18-8(15)14-7-5-4-6(7)10(11,12)19(13,16)17/h6-7H,4-5H2,1-3H3,(H,14,15)/t6-,7-/m1/s1. The van der Waals surface area contributed by atoms with Gasteiger partial charge in [-0.2, -0.15) is 0 Å². The van der Waals surface area contributed by atoms with Gasteiger partial charge in [0.15, 0.2) is 0 Å². The third kappa shape index (κ3) is 4.28. The van der Waals surface area contributed by atoms with E-state index >= 15 is 0 Å². The van der Waals surface area contributed by atoms with Gasteiger partial charge in [0, 0.05) is 22.6 Å². The number of carbonyl (C=O) groups is 1. The molecule has 0 spiro atoms.